The van der Waals surface area contributed by atoms with Gasteiger partial charge in [-0.05, 0) is 43.5 Å². The summed E-state index contributed by atoms with van der Waals surface area (Å²) in [6.07, 6.45) is 4.88. The van der Waals surface area contributed by atoms with Gasteiger partial charge in [-0.15, -0.1) is 0 Å². The number of hydrogen-bond acceptors (Lipinski definition) is 1. The lowest BCUT2D eigenvalue weighted by molar-refractivity contribution is 0.672. The molecule has 0 bridgehead atoms. The fraction of sp³-hybridized carbons (Fsp3) is 0.571. The van der Waals surface area contributed by atoms with Crippen molar-refractivity contribution in [3.05, 3.63) is 35.4 Å². The molecule has 0 fully saturated rings. The zero-order chi connectivity index (χ0) is 10.9. The molecule has 84 valence electrons. The minimum Gasteiger partial charge on any atom is -0.317 e. The highest BCUT2D eigenvalue weighted by Gasteiger charge is 1.95. The molecule has 1 N–H and O–H groups in total. The molecule has 1 heteroatoms. The summed E-state index contributed by atoms with van der Waals surface area (Å²) in [4.78, 5) is 0. The van der Waals surface area contributed by atoms with E-state index in [2.05, 4.69) is 43.4 Å². The zero-order valence-corrected chi connectivity index (χ0v) is 10.1. The Bertz CT molecular complexity index is 268. The molecule has 0 unspecified atom stereocenters. The Balaban J connectivity index is 2.36. The van der Waals surface area contributed by atoms with E-state index >= 15 is 0 Å². The van der Waals surface area contributed by atoms with Crippen LogP contribution in [0, 0.1) is 0 Å². The largest absolute Gasteiger partial charge is 0.317 e. The van der Waals surface area contributed by atoms with Crippen LogP contribution < -0.4 is 5.32 Å². The molecule has 1 aromatic carbocycles. The first-order valence-electron chi connectivity index (χ1n) is 6.15. The molecule has 15 heavy (non-hydrogen) atoms. The van der Waals surface area contributed by atoms with E-state index in [1.165, 1.54) is 36.8 Å². The van der Waals surface area contributed by atoms with Gasteiger partial charge in [-0.25, -0.2) is 0 Å². The zero-order valence-electron chi connectivity index (χ0n) is 10.1. The third-order valence-corrected chi connectivity index (χ3v) is 2.60. The Morgan fingerprint density at radius 1 is 1.07 bits per heavy atom. The van der Waals surface area contributed by atoms with Gasteiger partial charge < -0.3 is 5.32 Å². The normalized spacial score (nSPS) is 10.5. The number of benzene rings is 1. The first kappa shape index (κ1) is 12.3. The standard InChI is InChI=1S/C14H23N/c1-3-7-13-8-5-9-14(12-13)10-6-11-15-4-2/h5,8-9,12,15H,3-4,6-7,10-11H2,1-2H3. The molecule has 0 aliphatic rings. The van der Waals surface area contributed by atoms with Crippen LogP contribution in [0.5, 0.6) is 0 Å². The van der Waals surface area contributed by atoms with Gasteiger partial charge in [-0.3, -0.25) is 0 Å². The summed E-state index contributed by atoms with van der Waals surface area (Å²) in [5.41, 5.74) is 2.97. The highest BCUT2D eigenvalue weighted by molar-refractivity contribution is 5.23. The highest BCUT2D eigenvalue weighted by atomic mass is 14.8. The van der Waals surface area contributed by atoms with Crippen molar-refractivity contribution in [2.75, 3.05) is 13.1 Å². The molecule has 0 spiro atoms. The Labute approximate surface area is 93.9 Å². The molecule has 0 saturated carbocycles. The van der Waals surface area contributed by atoms with Gasteiger partial charge in [0.15, 0.2) is 0 Å². The van der Waals surface area contributed by atoms with Gasteiger partial charge in [0.1, 0.15) is 0 Å². The molecule has 0 atom stereocenters. The number of rotatable bonds is 7. The summed E-state index contributed by atoms with van der Waals surface area (Å²) in [5.74, 6) is 0. The van der Waals surface area contributed by atoms with Crippen molar-refractivity contribution in [2.24, 2.45) is 0 Å². The molecular weight excluding hydrogens is 182 g/mol. The molecule has 1 aromatic rings. The topological polar surface area (TPSA) is 12.0 Å². The average molecular weight is 205 g/mol. The first-order valence-corrected chi connectivity index (χ1v) is 6.15. The SMILES string of the molecule is CCCc1cccc(CCCNCC)c1. The summed E-state index contributed by atoms with van der Waals surface area (Å²) in [7, 11) is 0. The second kappa shape index (κ2) is 7.47. The van der Waals surface area contributed by atoms with E-state index in [4.69, 9.17) is 0 Å². The molecule has 0 aromatic heterocycles. The molecule has 0 aliphatic carbocycles. The van der Waals surface area contributed by atoms with Gasteiger partial charge in [-0.1, -0.05) is 44.5 Å². The van der Waals surface area contributed by atoms with E-state index in [-0.39, 0.29) is 0 Å². The van der Waals surface area contributed by atoms with E-state index in [0.29, 0.717) is 0 Å². The molecular formula is C14H23N. The maximum Gasteiger partial charge on any atom is -0.00459 e. The Hall–Kier alpha value is -0.820. The van der Waals surface area contributed by atoms with Crippen LogP contribution in [0.3, 0.4) is 0 Å². The predicted molar refractivity (Wildman–Crippen MR) is 67.3 cm³/mol. The number of aryl methyl sites for hydroxylation is 2. The summed E-state index contributed by atoms with van der Waals surface area (Å²) in [5, 5.41) is 3.36. The summed E-state index contributed by atoms with van der Waals surface area (Å²) < 4.78 is 0. The van der Waals surface area contributed by atoms with Crippen molar-refractivity contribution in [3.63, 3.8) is 0 Å². The summed E-state index contributed by atoms with van der Waals surface area (Å²) in [6, 6.07) is 9.02. The molecule has 0 radical (unpaired) electrons. The van der Waals surface area contributed by atoms with Crippen molar-refractivity contribution >= 4 is 0 Å². The monoisotopic (exact) mass is 205 g/mol. The molecule has 0 saturated heterocycles. The molecule has 0 heterocycles. The van der Waals surface area contributed by atoms with Gasteiger partial charge in [-0.2, -0.15) is 0 Å². The lowest BCUT2D eigenvalue weighted by Gasteiger charge is -2.05. The maximum atomic E-state index is 3.36. The van der Waals surface area contributed by atoms with Gasteiger partial charge >= 0.3 is 0 Å². The molecule has 0 aliphatic heterocycles. The molecule has 0 amide bonds. The highest BCUT2D eigenvalue weighted by Crippen LogP contribution is 2.09. The Morgan fingerprint density at radius 3 is 2.47 bits per heavy atom. The smallest absolute Gasteiger partial charge is 0.00459 e. The third kappa shape index (κ3) is 4.98. The van der Waals surface area contributed by atoms with Crippen LogP contribution in [0.1, 0.15) is 37.8 Å². The molecule has 1 nitrogen and oxygen atoms in total. The third-order valence-electron chi connectivity index (χ3n) is 2.60. The number of hydrogen-bond donors (Lipinski definition) is 1. The Kier molecular flexibility index (Phi) is 6.10. The van der Waals surface area contributed by atoms with E-state index in [1.54, 1.807) is 0 Å². The Morgan fingerprint density at radius 2 is 1.80 bits per heavy atom. The van der Waals surface area contributed by atoms with Crippen LogP contribution in [0.4, 0.5) is 0 Å². The minimum absolute atomic E-state index is 1.08. The fourth-order valence-corrected chi connectivity index (χ4v) is 1.82. The van der Waals surface area contributed by atoms with Crippen LogP contribution >= 0.6 is 0 Å². The summed E-state index contributed by atoms with van der Waals surface area (Å²) >= 11 is 0. The maximum absolute atomic E-state index is 3.36. The van der Waals surface area contributed by atoms with Crippen LogP contribution in [-0.4, -0.2) is 13.1 Å². The van der Waals surface area contributed by atoms with Gasteiger partial charge in [0.2, 0.25) is 0 Å². The van der Waals surface area contributed by atoms with Crippen molar-refractivity contribution in [2.45, 2.75) is 39.5 Å². The van der Waals surface area contributed by atoms with Crippen LogP contribution in [0.15, 0.2) is 24.3 Å². The predicted octanol–water partition coefficient (Wildman–Crippen LogP) is 3.18. The van der Waals surface area contributed by atoms with Crippen LogP contribution in [0.2, 0.25) is 0 Å². The molecule has 1 rings (SSSR count). The van der Waals surface area contributed by atoms with Gasteiger partial charge in [0, 0.05) is 0 Å². The van der Waals surface area contributed by atoms with Crippen LogP contribution in [-0.2, 0) is 12.8 Å². The fourth-order valence-electron chi connectivity index (χ4n) is 1.82. The second-order valence-electron chi connectivity index (χ2n) is 4.03. The average Bonchev–Trinajstić information content (AvgIpc) is 2.26. The van der Waals surface area contributed by atoms with Gasteiger partial charge in [0.05, 0.1) is 0 Å². The van der Waals surface area contributed by atoms with Crippen molar-refractivity contribution in [1.29, 1.82) is 0 Å². The van der Waals surface area contributed by atoms with Gasteiger partial charge in [0.25, 0.3) is 0 Å². The second-order valence-corrected chi connectivity index (χ2v) is 4.03. The lowest BCUT2D eigenvalue weighted by Crippen LogP contribution is -2.14. The minimum atomic E-state index is 1.08. The van der Waals surface area contributed by atoms with E-state index < -0.39 is 0 Å². The quantitative estimate of drug-likeness (QED) is 0.674. The van der Waals surface area contributed by atoms with E-state index in [1.807, 2.05) is 0 Å². The lowest BCUT2D eigenvalue weighted by atomic mass is 10.0. The van der Waals surface area contributed by atoms with Crippen LogP contribution in [0.25, 0.3) is 0 Å². The number of nitrogens with one attached hydrogen (secondary N) is 1. The van der Waals surface area contributed by atoms with Crippen molar-refractivity contribution in [3.8, 4) is 0 Å². The first-order chi connectivity index (χ1) is 7.36. The van der Waals surface area contributed by atoms with Crippen molar-refractivity contribution in [1.82, 2.24) is 5.32 Å². The summed E-state index contributed by atoms with van der Waals surface area (Å²) in [6.45, 7) is 6.60. The van der Waals surface area contributed by atoms with E-state index in [9.17, 15) is 0 Å². The van der Waals surface area contributed by atoms with E-state index in [0.717, 1.165) is 13.1 Å². The van der Waals surface area contributed by atoms with Crippen molar-refractivity contribution < 1.29 is 0 Å².